The van der Waals surface area contributed by atoms with Gasteiger partial charge in [0.2, 0.25) is 5.95 Å². The van der Waals surface area contributed by atoms with Crippen LogP contribution in [-0.4, -0.2) is 30.4 Å². The van der Waals surface area contributed by atoms with Crippen molar-refractivity contribution >= 4 is 23.0 Å². The average Bonchev–Trinajstić information content (AvgIpc) is 3.38. The first kappa shape index (κ1) is 17.7. The van der Waals surface area contributed by atoms with E-state index < -0.39 is 0 Å². The van der Waals surface area contributed by atoms with Crippen LogP contribution in [-0.2, 0) is 5.41 Å². The number of tetrazole rings is 1. The summed E-state index contributed by atoms with van der Waals surface area (Å²) in [4.78, 5) is 13.6. The van der Waals surface area contributed by atoms with Gasteiger partial charge in [-0.3, -0.25) is 4.79 Å². The maximum atomic E-state index is 12.6. The summed E-state index contributed by atoms with van der Waals surface area (Å²) in [6, 6.07) is 12.0. The van der Waals surface area contributed by atoms with Gasteiger partial charge in [-0.15, -0.1) is 11.3 Å². The molecule has 1 aromatic carbocycles. The molecule has 5 rings (SSSR count). The number of anilines is 2. The van der Waals surface area contributed by atoms with Gasteiger partial charge in [-0.05, 0) is 38.4 Å². The number of nitrogens with one attached hydrogen (secondary N) is 2. The van der Waals surface area contributed by atoms with Crippen LogP contribution in [0.1, 0.15) is 43.5 Å². The summed E-state index contributed by atoms with van der Waals surface area (Å²) in [7, 11) is 0. The summed E-state index contributed by atoms with van der Waals surface area (Å²) in [5.74, 6) is 0.427. The third-order valence-corrected chi connectivity index (χ3v) is 5.99. The monoisotopic (exact) mass is 405 g/mol. The molecule has 1 unspecified atom stereocenters. The molecule has 9 heteroatoms. The molecule has 8 nitrogen and oxygen atoms in total. The molecule has 146 valence electrons. The number of hydrogen-bond donors (Lipinski definition) is 2. The normalized spacial score (nSPS) is 15.5. The molecule has 0 aliphatic carbocycles. The van der Waals surface area contributed by atoms with E-state index in [9.17, 15) is 4.79 Å². The Morgan fingerprint density at radius 3 is 2.62 bits per heavy atom. The van der Waals surface area contributed by atoms with Crippen LogP contribution in [0.25, 0.3) is 10.6 Å². The van der Waals surface area contributed by atoms with Crippen LogP contribution in [0.3, 0.4) is 0 Å². The van der Waals surface area contributed by atoms with E-state index in [1.54, 1.807) is 16.0 Å². The Labute approximate surface area is 170 Å². The molecule has 0 bridgehead atoms. The zero-order valence-corrected chi connectivity index (χ0v) is 17.0. The molecule has 29 heavy (non-hydrogen) atoms. The summed E-state index contributed by atoms with van der Waals surface area (Å²) in [5, 5.41) is 24.1. The zero-order valence-electron chi connectivity index (χ0n) is 16.2. The van der Waals surface area contributed by atoms with E-state index >= 15 is 0 Å². The quantitative estimate of drug-likeness (QED) is 0.466. The second-order valence-corrected chi connectivity index (χ2v) is 8.96. The summed E-state index contributed by atoms with van der Waals surface area (Å²) >= 11 is 1.57. The van der Waals surface area contributed by atoms with Gasteiger partial charge in [-0.1, -0.05) is 56.2 Å². The van der Waals surface area contributed by atoms with Gasteiger partial charge in [0.15, 0.2) is 0 Å². The van der Waals surface area contributed by atoms with Gasteiger partial charge in [0.05, 0.1) is 4.88 Å². The number of H-pyrrole nitrogens is 1. The van der Waals surface area contributed by atoms with E-state index in [1.807, 2.05) is 17.5 Å². The molecule has 3 aromatic heterocycles. The lowest BCUT2D eigenvalue weighted by atomic mass is 9.85. The van der Waals surface area contributed by atoms with Crippen LogP contribution in [0.2, 0.25) is 0 Å². The fraction of sp³-hybridized carbons (Fsp3) is 0.250. The Balaban J connectivity index is 1.76. The van der Waals surface area contributed by atoms with E-state index in [-0.39, 0.29) is 17.0 Å². The minimum atomic E-state index is -0.364. The van der Waals surface area contributed by atoms with Crippen molar-refractivity contribution in [1.82, 2.24) is 30.4 Å². The number of hydrogen-bond acceptors (Lipinski definition) is 7. The number of thiophene rings is 1. The van der Waals surface area contributed by atoms with Crippen molar-refractivity contribution in [3.63, 3.8) is 0 Å². The van der Waals surface area contributed by atoms with Crippen LogP contribution in [0.5, 0.6) is 0 Å². The molecular formula is C20H19N7OS. The fourth-order valence-electron chi connectivity index (χ4n) is 3.61. The van der Waals surface area contributed by atoms with Crippen LogP contribution < -0.4 is 10.9 Å². The van der Waals surface area contributed by atoms with E-state index in [4.69, 9.17) is 0 Å². The highest BCUT2D eigenvalue weighted by atomic mass is 32.1. The molecule has 1 aliphatic heterocycles. The first-order valence-electron chi connectivity index (χ1n) is 9.25. The third kappa shape index (κ3) is 2.85. The molecule has 4 heterocycles. The molecule has 0 saturated carbocycles. The highest BCUT2D eigenvalue weighted by Gasteiger charge is 2.34. The first-order chi connectivity index (χ1) is 13.9. The van der Waals surface area contributed by atoms with E-state index in [1.165, 1.54) is 5.56 Å². The van der Waals surface area contributed by atoms with Crippen molar-refractivity contribution in [2.75, 3.05) is 5.32 Å². The van der Waals surface area contributed by atoms with Crippen molar-refractivity contribution in [3.8, 4) is 10.6 Å². The molecule has 4 aromatic rings. The van der Waals surface area contributed by atoms with Crippen LogP contribution >= 0.6 is 11.3 Å². The van der Waals surface area contributed by atoms with Gasteiger partial charge in [-0.2, -0.15) is 9.78 Å². The largest absolute Gasteiger partial charge is 0.318 e. The van der Waals surface area contributed by atoms with Crippen LogP contribution in [0.4, 0.5) is 11.6 Å². The predicted molar refractivity (Wildman–Crippen MR) is 112 cm³/mol. The van der Waals surface area contributed by atoms with Crippen molar-refractivity contribution in [2.45, 2.75) is 32.2 Å². The number of aromatic amines is 1. The Kier molecular flexibility index (Phi) is 3.88. The van der Waals surface area contributed by atoms with Gasteiger partial charge >= 0.3 is 0 Å². The predicted octanol–water partition coefficient (Wildman–Crippen LogP) is 3.48. The Morgan fingerprint density at radius 2 is 1.93 bits per heavy atom. The number of nitrogens with zero attached hydrogens (tertiary/aromatic N) is 5. The van der Waals surface area contributed by atoms with Crippen LogP contribution in [0.15, 0.2) is 46.6 Å². The van der Waals surface area contributed by atoms with Gasteiger partial charge in [0.25, 0.3) is 5.56 Å². The molecule has 0 radical (unpaired) electrons. The number of aromatic nitrogens is 6. The zero-order chi connectivity index (χ0) is 20.2. The standard InChI is InChI=1S/C20H19N7OS/c1-20(2,3)12-8-6-11(7-9-12)17-14-15(13-5-4-10-29-13)22-23-18(28)16(14)21-19-24-25-26-27(17)19/h4-10,17H,1-3H3,(H,23,28)(H,21,24,26). The minimum Gasteiger partial charge on any atom is -0.318 e. The lowest BCUT2D eigenvalue weighted by molar-refractivity contribution is 0.564. The molecule has 0 spiro atoms. The van der Waals surface area contributed by atoms with Crippen LogP contribution in [0, 0.1) is 0 Å². The topological polar surface area (TPSA) is 101 Å². The second kappa shape index (κ2) is 6.35. The van der Waals surface area contributed by atoms with Crippen molar-refractivity contribution in [3.05, 3.63) is 68.8 Å². The molecule has 0 amide bonds. The van der Waals surface area contributed by atoms with Gasteiger partial charge in [0, 0.05) is 5.56 Å². The second-order valence-electron chi connectivity index (χ2n) is 8.01. The summed E-state index contributed by atoms with van der Waals surface area (Å²) in [6.45, 7) is 6.54. The van der Waals surface area contributed by atoms with Gasteiger partial charge < -0.3 is 5.32 Å². The van der Waals surface area contributed by atoms with Crippen molar-refractivity contribution in [1.29, 1.82) is 0 Å². The Hall–Kier alpha value is -3.33. The third-order valence-electron chi connectivity index (χ3n) is 5.12. The molecule has 1 aliphatic rings. The smallest absolute Gasteiger partial charge is 0.288 e. The van der Waals surface area contributed by atoms with Gasteiger partial charge in [-0.25, -0.2) is 5.10 Å². The number of benzene rings is 1. The maximum Gasteiger partial charge on any atom is 0.288 e. The molecule has 0 saturated heterocycles. The summed E-state index contributed by atoms with van der Waals surface area (Å²) in [6.07, 6.45) is 0. The summed E-state index contributed by atoms with van der Waals surface area (Å²) < 4.78 is 1.70. The molecular weight excluding hydrogens is 386 g/mol. The fourth-order valence-corrected chi connectivity index (χ4v) is 4.34. The summed E-state index contributed by atoms with van der Waals surface area (Å²) in [5.41, 5.74) is 3.87. The first-order valence-corrected chi connectivity index (χ1v) is 10.1. The lowest BCUT2D eigenvalue weighted by Gasteiger charge is -2.28. The molecule has 2 N–H and O–H groups in total. The van der Waals surface area contributed by atoms with E-state index in [0.717, 1.165) is 16.0 Å². The van der Waals surface area contributed by atoms with Crippen molar-refractivity contribution in [2.24, 2.45) is 0 Å². The average molecular weight is 405 g/mol. The molecule has 0 fully saturated rings. The lowest BCUT2D eigenvalue weighted by Crippen LogP contribution is -2.29. The highest BCUT2D eigenvalue weighted by Crippen LogP contribution is 2.42. The number of fused-ring (bicyclic) bond motifs is 2. The highest BCUT2D eigenvalue weighted by molar-refractivity contribution is 7.13. The Morgan fingerprint density at radius 1 is 1.14 bits per heavy atom. The minimum absolute atomic E-state index is 0.0470. The van der Waals surface area contributed by atoms with E-state index in [2.05, 4.69) is 76.1 Å². The van der Waals surface area contributed by atoms with Gasteiger partial charge in [0.1, 0.15) is 17.4 Å². The SMILES string of the molecule is CC(C)(C)c1ccc(C2c3c(-c4cccs4)n[nH]c(=O)c3Nc3nnnn32)cc1. The Bertz CT molecular complexity index is 1230. The number of rotatable bonds is 2. The molecule has 1 atom stereocenters. The van der Waals surface area contributed by atoms with Crippen molar-refractivity contribution < 1.29 is 0 Å². The van der Waals surface area contributed by atoms with E-state index in [0.29, 0.717) is 17.3 Å². The maximum absolute atomic E-state index is 12.6.